The molecule has 158 valence electrons. The van der Waals surface area contributed by atoms with Gasteiger partial charge in [0.25, 0.3) is 5.91 Å². The summed E-state index contributed by atoms with van der Waals surface area (Å²) in [5.41, 5.74) is 3.78. The number of hydrogen-bond acceptors (Lipinski definition) is 3. The third kappa shape index (κ3) is 4.40. The lowest BCUT2D eigenvalue weighted by molar-refractivity contribution is -0.122. The molecule has 0 unspecified atom stereocenters. The summed E-state index contributed by atoms with van der Waals surface area (Å²) in [6.45, 7) is 3.87. The third-order valence-corrected chi connectivity index (χ3v) is 5.28. The molecule has 0 aliphatic carbocycles. The number of carbonyl (C=O) groups excluding carboxylic acids is 2. The van der Waals surface area contributed by atoms with Crippen LogP contribution in [0.2, 0.25) is 0 Å². The average Bonchev–Trinajstić information content (AvgIpc) is 3.14. The Labute approximate surface area is 178 Å². The fourth-order valence-corrected chi connectivity index (χ4v) is 3.59. The Morgan fingerprint density at radius 1 is 1.10 bits per heavy atom. The summed E-state index contributed by atoms with van der Waals surface area (Å²) in [7, 11) is 0. The van der Waals surface area contributed by atoms with E-state index in [4.69, 9.17) is 0 Å². The standard InChI is InChI=1S/C24H23FN4O2/c1-14-22-19(18-5-3-4-6-20(18)29-22)13-21(27-14)24(31)28-15(2)23(30)26-12-11-16-7-9-17(25)10-8-16/h3-10,13,15,29H,11-12H2,1-2H3,(H,26,30)(H,28,31)/t15-/m0/s1. The predicted octanol–water partition coefficient (Wildman–Crippen LogP) is 3.64. The van der Waals surface area contributed by atoms with Crippen molar-refractivity contribution >= 4 is 33.6 Å². The Morgan fingerprint density at radius 2 is 1.84 bits per heavy atom. The lowest BCUT2D eigenvalue weighted by atomic mass is 10.1. The molecule has 0 spiro atoms. The van der Waals surface area contributed by atoms with Crippen LogP contribution in [0.1, 0.15) is 28.7 Å². The highest BCUT2D eigenvalue weighted by Gasteiger charge is 2.19. The Bertz CT molecular complexity index is 1260. The zero-order valence-electron chi connectivity index (χ0n) is 17.3. The van der Waals surface area contributed by atoms with Crippen LogP contribution in [0.25, 0.3) is 21.8 Å². The molecular weight excluding hydrogens is 395 g/mol. The van der Waals surface area contributed by atoms with Gasteiger partial charge in [-0.05, 0) is 50.1 Å². The van der Waals surface area contributed by atoms with Crippen LogP contribution in [0.15, 0.2) is 54.6 Å². The number of hydrogen-bond donors (Lipinski definition) is 3. The fourth-order valence-electron chi connectivity index (χ4n) is 3.59. The van der Waals surface area contributed by atoms with E-state index in [0.29, 0.717) is 13.0 Å². The summed E-state index contributed by atoms with van der Waals surface area (Å²) in [6, 6.07) is 15.0. The molecule has 7 heteroatoms. The van der Waals surface area contributed by atoms with E-state index < -0.39 is 11.9 Å². The zero-order chi connectivity index (χ0) is 22.0. The molecule has 0 saturated heterocycles. The molecule has 2 aromatic heterocycles. The van der Waals surface area contributed by atoms with Crippen molar-refractivity contribution in [2.75, 3.05) is 6.54 Å². The SMILES string of the molecule is Cc1nc(C(=O)N[C@@H](C)C(=O)NCCc2ccc(F)cc2)cc2c1[nH]c1ccccc12. The van der Waals surface area contributed by atoms with Crippen molar-refractivity contribution in [2.45, 2.75) is 26.3 Å². The van der Waals surface area contributed by atoms with Gasteiger partial charge in [-0.15, -0.1) is 0 Å². The molecule has 0 saturated carbocycles. The monoisotopic (exact) mass is 418 g/mol. The minimum atomic E-state index is -0.721. The molecule has 0 fully saturated rings. The predicted molar refractivity (Wildman–Crippen MR) is 118 cm³/mol. The van der Waals surface area contributed by atoms with E-state index in [1.54, 1.807) is 25.1 Å². The first kappa shape index (κ1) is 20.5. The summed E-state index contributed by atoms with van der Waals surface area (Å²) in [5.74, 6) is -0.990. The maximum atomic E-state index is 13.0. The second-order valence-corrected chi connectivity index (χ2v) is 7.55. The topological polar surface area (TPSA) is 86.9 Å². The number of halogens is 1. The Kier molecular flexibility index (Phi) is 5.66. The number of nitrogens with zero attached hydrogens (tertiary/aromatic N) is 1. The molecule has 3 N–H and O–H groups in total. The number of aryl methyl sites for hydroxylation is 1. The highest BCUT2D eigenvalue weighted by Crippen LogP contribution is 2.27. The summed E-state index contributed by atoms with van der Waals surface area (Å²) in [4.78, 5) is 32.8. The molecular formula is C24H23FN4O2. The molecule has 0 aliphatic heterocycles. The molecule has 0 bridgehead atoms. The maximum absolute atomic E-state index is 13.0. The van der Waals surface area contributed by atoms with Gasteiger partial charge in [0, 0.05) is 22.8 Å². The number of H-pyrrole nitrogens is 1. The normalized spacial score (nSPS) is 12.1. The van der Waals surface area contributed by atoms with E-state index in [0.717, 1.165) is 33.1 Å². The lowest BCUT2D eigenvalue weighted by Crippen LogP contribution is -2.45. The van der Waals surface area contributed by atoms with Gasteiger partial charge in [-0.25, -0.2) is 9.37 Å². The second kappa shape index (κ2) is 8.55. The Hall–Kier alpha value is -3.74. The van der Waals surface area contributed by atoms with Crippen molar-refractivity contribution in [1.29, 1.82) is 0 Å². The van der Waals surface area contributed by atoms with Gasteiger partial charge in [-0.2, -0.15) is 0 Å². The van der Waals surface area contributed by atoms with Crippen LogP contribution >= 0.6 is 0 Å². The molecule has 2 aromatic carbocycles. The number of fused-ring (bicyclic) bond motifs is 3. The van der Waals surface area contributed by atoms with Crippen LogP contribution in [0.4, 0.5) is 4.39 Å². The molecule has 2 amide bonds. The quantitative estimate of drug-likeness (QED) is 0.447. The number of pyridine rings is 1. The van der Waals surface area contributed by atoms with Crippen LogP contribution in [-0.4, -0.2) is 34.4 Å². The Morgan fingerprint density at radius 3 is 2.61 bits per heavy atom. The highest BCUT2D eigenvalue weighted by molar-refractivity contribution is 6.10. The van der Waals surface area contributed by atoms with Gasteiger partial charge in [0.1, 0.15) is 17.6 Å². The van der Waals surface area contributed by atoms with Gasteiger partial charge in [0.15, 0.2) is 0 Å². The van der Waals surface area contributed by atoms with Crippen molar-refractivity contribution in [3.63, 3.8) is 0 Å². The average molecular weight is 418 g/mol. The molecule has 31 heavy (non-hydrogen) atoms. The van der Waals surface area contributed by atoms with E-state index in [2.05, 4.69) is 20.6 Å². The first-order chi connectivity index (χ1) is 14.9. The summed E-state index contributed by atoms with van der Waals surface area (Å²) in [6.07, 6.45) is 0.574. The number of rotatable bonds is 6. The van der Waals surface area contributed by atoms with Crippen molar-refractivity contribution in [3.05, 3.63) is 77.4 Å². The fraction of sp³-hybridized carbons (Fsp3) is 0.208. The first-order valence-electron chi connectivity index (χ1n) is 10.1. The van der Waals surface area contributed by atoms with Crippen LogP contribution in [0, 0.1) is 12.7 Å². The van der Waals surface area contributed by atoms with Gasteiger partial charge in [0.2, 0.25) is 5.91 Å². The van der Waals surface area contributed by atoms with Gasteiger partial charge >= 0.3 is 0 Å². The summed E-state index contributed by atoms with van der Waals surface area (Å²) >= 11 is 0. The Balaban J connectivity index is 1.41. The van der Waals surface area contributed by atoms with E-state index in [9.17, 15) is 14.0 Å². The first-order valence-corrected chi connectivity index (χ1v) is 10.1. The number of benzene rings is 2. The number of nitrogens with one attached hydrogen (secondary N) is 3. The number of amides is 2. The van der Waals surface area contributed by atoms with Crippen molar-refractivity contribution in [2.24, 2.45) is 0 Å². The van der Waals surface area contributed by atoms with Crippen LogP contribution < -0.4 is 10.6 Å². The molecule has 4 rings (SSSR count). The molecule has 2 heterocycles. The molecule has 1 atom stereocenters. The van der Waals surface area contributed by atoms with E-state index >= 15 is 0 Å². The second-order valence-electron chi connectivity index (χ2n) is 7.55. The van der Waals surface area contributed by atoms with E-state index in [1.807, 2.05) is 31.2 Å². The van der Waals surface area contributed by atoms with Crippen molar-refractivity contribution in [1.82, 2.24) is 20.6 Å². The zero-order valence-corrected chi connectivity index (χ0v) is 17.3. The smallest absolute Gasteiger partial charge is 0.270 e. The van der Waals surface area contributed by atoms with Gasteiger partial charge in [-0.3, -0.25) is 9.59 Å². The number of para-hydroxylation sites is 1. The van der Waals surface area contributed by atoms with Crippen LogP contribution in [0.3, 0.4) is 0 Å². The van der Waals surface area contributed by atoms with Crippen molar-refractivity contribution in [3.8, 4) is 0 Å². The van der Waals surface area contributed by atoms with E-state index in [1.165, 1.54) is 12.1 Å². The summed E-state index contributed by atoms with van der Waals surface area (Å²) < 4.78 is 13.0. The number of carbonyl (C=O) groups is 2. The largest absolute Gasteiger partial charge is 0.354 e. The molecule has 0 radical (unpaired) electrons. The molecule has 4 aromatic rings. The lowest BCUT2D eigenvalue weighted by Gasteiger charge is -2.14. The number of aromatic nitrogens is 2. The third-order valence-electron chi connectivity index (χ3n) is 5.28. The maximum Gasteiger partial charge on any atom is 0.270 e. The highest BCUT2D eigenvalue weighted by atomic mass is 19.1. The number of aromatic amines is 1. The molecule has 0 aliphatic rings. The minimum Gasteiger partial charge on any atom is -0.354 e. The van der Waals surface area contributed by atoms with Gasteiger partial charge in [-0.1, -0.05) is 30.3 Å². The van der Waals surface area contributed by atoms with Gasteiger partial charge in [0.05, 0.1) is 11.2 Å². The minimum absolute atomic E-state index is 0.265. The van der Waals surface area contributed by atoms with Crippen LogP contribution in [0.5, 0.6) is 0 Å². The van der Waals surface area contributed by atoms with Gasteiger partial charge < -0.3 is 15.6 Å². The molecule has 6 nitrogen and oxygen atoms in total. The van der Waals surface area contributed by atoms with E-state index in [-0.39, 0.29) is 17.4 Å². The summed E-state index contributed by atoms with van der Waals surface area (Å²) in [5, 5.41) is 7.44. The van der Waals surface area contributed by atoms with Crippen molar-refractivity contribution < 1.29 is 14.0 Å². The van der Waals surface area contributed by atoms with Crippen LogP contribution in [-0.2, 0) is 11.2 Å².